The van der Waals surface area contributed by atoms with Crippen molar-refractivity contribution in [1.82, 2.24) is 15.1 Å². The van der Waals surface area contributed by atoms with Gasteiger partial charge in [0.2, 0.25) is 11.8 Å². The molecule has 3 aromatic rings. The second kappa shape index (κ2) is 14.9. The van der Waals surface area contributed by atoms with Crippen molar-refractivity contribution in [3.05, 3.63) is 105 Å². The summed E-state index contributed by atoms with van der Waals surface area (Å²) >= 11 is 0. The number of carbonyl (C=O) groups excluding carboxylic acids is 3. The molecule has 2 atom stereocenters. The van der Waals surface area contributed by atoms with E-state index in [0.717, 1.165) is 47.3 Å². The van der Waals surface area contributed by atoms with Crippen LogP contribution in [0.25, 0.3) is 5.57 Å². The van der Waals surface area contributed by atoms with Gasteiger partial charge >= 0.3 is 0 Å². The summed E-state index contributed by atoms with van der Waals surface area (Å²) in [7, 11) is 0. The molecule has 1 saturated carbocycles. The van der Waals surface area contributed by atoms with Crippen LogP contribution in [-0.4, -0.2) is 65.3 Å². The van der Waals surface area contributed by atoms with Gasteiger partial charge in [-0.2, -0.15) is 0 Å². The number of rotatable bonds is 13. The van der Waals surface area contributed by atoms with Gasteiger partial charge < -0.3 is 25.6 Å². The maximum Gasteiger partial charge on any atom is 0.252 e. The fraction of sp³-hybridized carbons (Fsp3) is 0.425. The largest absolute Gasteiger partial charge is 0.493 e. The number of fused-ring (bicyclic) bond motifs is 2. The van der Waals surface area contributed by atoms with E-state index in [0.29, 0.717) is 43.7 Å². The molecule has 258 valence electrons. The Balaban J connectivity index is 1.25. The highest BCUT2D eigenvalue weighted by Crippen LogP contribution is 2.38. The average Bonchev–Trinajstić information content (AvgIpc) is 3.91. The SMILES string of the molecule is Cc1cc(C)c(C)c(OCCc2ccc(C3=C(C(=O)N(Cc4ccccc4F)C4CC4)[C@H]4CN(C(=O)CCCC(N)=O)CC(C3)N4)cc2)c1. The van der Waals surface area contributed by atoms with Crippen LogP contribution in [0.15, 0.2) is 66.2 Å². The van der Waals surface area contributed by atoms with Crippen molar-refractivity contribution in [2.45, 2.75) is 90.4 Å². The van der Waals surface area contributed by atoms with Crippen molar-refractivity contribution >= 4 is 23.3 Å². The number of ether oxygens (including phenoxy) is 1. The Morgan fingerprint density at radius 3 is 2.47 bits per heavy atom. The van der Waals surface area contributed by atoms with Gasteiger partial charge in [0.05, 0.1) is 12.6 Å². The minimum absolute atomic E-state index is 0.0274. The van der Waals surface area contributed by atoms with Crippen LogP contribution in [0.2, 0.25) is 0 Å². The number of hydrogen-bond acceptors (Lipinski definition) is 5. The van der Waals surface area contributed by atoms with Crippen molar-refractivity contribution in [3.8, 4) is 5.75 Å². The molecule has 1 aliphatic carbocycles. The molecule has 1 saturated heterocycles. The van der Waals surface area contributed by atoms with E-state index in [1.807, 2.05) is 9.80 Å². The van der Waals surface area contributed by atoms with Gasteiger partial charge in [-0.1, -0.05) is 48.5 Å². The molecule has 2 fully saturated rings. The lowest BCUT2D eigenvalue weighted by molar-refractivity contribution is -0.134. The Morgan fingerprint density at radius 2 is 1.76 bits per heavy atom. The van der Waals surface area contributed by atoms with E-state index in [-0.39, 0.29) is 55.1 Å². The third-order valence-electron chi connectivity index (χ3n) is 10.1. The highest BCUT2D eigenvalue weighted by Gasteiger charge is 2.43. The molecule has 49 heavy (non-hydrogen) atoms. The van der Waals surface area contributed by atoms with Gasteiger partial charge in [0.25, 0.3) is 5.91 Å². The van der Waals surface area contributed by atoms with Crippen LogP contribution in [0.3, 0.4) is 0 Å². The summed E-state index contributed by atoms with van der Waals surface area (Å²) in [4.78, 5) is 42.8. The number of amides is 3. The summed E-state index contributed by atoms with van der Waals surface area (Å²) in [6, 6.07) is 18.9. The monoisotopic (exact) mass is 666 g/mol. The summed E-state index contributed by atoms with van der Waals surface area (Å²) in [5.74, 6) is 0.0202. The summed E-state index contributed by atoms with van der Waals surface area (Å²) in [6.07, 6.45) is 3.89. The number of carbonyl (C=O) groups is 3. The molecule has 9 heteroatoms. The highest BCUT2D eigenvalue weighted by molar-refractivity contribution is 6.03. The Hall–Kier alpha value is -4.50. The van der Waals surface area contributed by atoms with Gasteiger partial charge in [-0.15, -0.1) is 0 Å². The molecular weight excluding hydrogens is 619 g/mol. The number of primary amides is 1. The molecule has 6 rings (SSSR count). The van der Waals surface area contributed by atoms with Crippen LogP contribution in [0.5, 0.6) is 5.75 Å². The molecule has 2 bridgehead atoms. The lowest BCUT2D eigenvalue weighted by Gasteiger charge is -2.45. The Kier molecular flexibility index (Phi) is 10.5. The number of halogens is 1. The number of hydrogen-bond donors (Lipinski definition) is 2. The van der Waals surface area contributed by atoms with Crippen LogP contribution in [0.4, 0.5) is 4.39 Å². The van der Waals surface area contributed by atoms with Crippen molar-refractivity contribution in [1.29, 1.82) is 0 Å². The quantitative estimate of drug-likeness (QED) is 0.249. The van der Waals surface area contributed by atoms with E-state index in [1.165, 1.54) is 17.2 Å². The summed E-state index contributed by atoms with van der Waals surface area (Å²) in [5, 5.41) is 3.64. The Labute approximate surface area is 288 Å². The van der Waals surface area contributed by atoms with Gasteiger partial charge in [0.15, 0.2) is 0 Å². The molecule has 3 aliphatic rings. The van der Waals surface area contributed by atoms with Gasteiger partial charge in [-0.3, -0.25) is 14.4 Å². The van der Waals surface area contributed by atoms with Crippen molar-refractivity contribution in [2.24, 2.45) is 5.73 Å². The van der Waals surface area contributed by atoms with Crippen molar-refractivity contribution < 1.29 is 23.5 Å². The molecule has 2 aliphatic heterocycles. The topological polar surface area (TPSA) is 105 Å². The van der Waals surface area contributed by atoms with E-state index in [9.17, 15) is 18.8 Å². The van der Waals surface area contributed by atoms with Gasteiger partial charge in [0, 0.05) is 62.1 Å². The molecule has 2 heterocycles. The Bertz CT molecular complexity index is 1750. The second-order valence-corrected chi connectivity index (χ2v) is 13.9. The molecular formula is C40H47FN4O4. The first-order valence-electron chi connectivity index (χ1n) is 17.5. The van der Waals surface area contributed by atoms with Crippen LogP contribution in [0.1, 0.15) is 71.9 Å². The van der Waals surface area contributed by atoms with Gasteiger partial charge in [0.1, 0.15) is 11.6 Å². The molecule has 0 aromatic heterocycles. The van der Waals surface area contributed by atoms with E-state index in [2.05, 4.69) is 62.5 Å². The second-order valence-electron chi connectivity index (χ2n) is 13.9. The van der Waals surface area contributed by atoms with Gasteiger partial charge in [-0.25, -0.2) is 4.39 Å². The fourth-order valence-electron chi connectivity index (χ4n) is 7.16. The molecule has 3 aromatic carbocycles. The third-order valence-corrected chi connectivity index (χ3v) is 10.1. The minimum atomic E-state index is -0.421. The summed E-state index contributed by atoms with van der Waals surface area (Å²) in [5.41, 5.74) is 13.1. The van der Waals surface area contributed by atoms with E-state index < -0.39 is 5.91 Å². The normalized spacial score (nSPS) is 18.7. The predicted octanol–water partition coefficient (Wildman–Crippen LogP) is 5.55. The average molecular weight is 667 g/mol. The molecule has 0 spiro atoms. The zero-order valence-corrected chi connectivity index (χ0v) is 28.8. The lowest BCUT2D eigenvalue weighted by Crippen LogP contribution is -2.62. The molecule has 1 unspecified atom stereocenters. The fourth-order valence-corrected chi connectivity index (χ4v) is 7.16. The van der Waals surface area contributed by atoms with Crippen LogP contribution in [0, 0.1) is 26.6 Å². The zero-order chi connectivity index (χ0) is 34.7. The van der Waals surface area contributed by atoms with E-state index in [4.69, 9.17) is 10.5 Å². The number of nitrogens with one attached hydrogen (secondary N) is 1. The first-order valence-corrected chi connectivity index (χ1v) is 17.5. The first kappa shape index (κ1) is 34.4. The number of benzene rings is 3. The molecule has 0 radical (unpaired) electrons. The summed E-state index contributed by atoms with van der Waals surface area (Å²) in [6.45, 7) is 7.87. The molecule has 3 amide bonds. The van der Waals surface area contributed by atoms with Crippen LogP contribution >= 0.6 is 0 Å². The van der Waals surface area contributed by atoms with Gasteiger partial charge in [-0.05, 0) is 92.0 Å². The molecule has 8 nitrogen and oxygen atoms in total. The number of nitrogens with two attached hydrogens (primary N) is 1. The summed E-state index contributed by atoms with van der Waals surface area (Å²) < 4.78 is 21.0. The predicted molar refractivity (Wildman–Crippen MR) is 188 cm³/mol. The van der Waals surface area contributed by atoms with E-state index >= 15 is 0 Å². The van der Waals surface area contributed by atoms with Crippen LogP contribution < -0.4 is 15.8 Å². The maximum absolute atomic E-state index is 14.8. The molecule has 3 N–H and O–H groups in total. The first-order chi connectivity index (χ1) is 23.6. The highest BCUT2D eigenvalue weighted by atomic mass is 19.1. The zero-order valence-electron chi connectivity index (χ0n) is 28.8. The number of aryl methyl sites for hydroxylation is 2. The van der Waals surface area contributed by atoms with Crippen molar-refractivity contribution in [3.63, 3.8) is 0 Å². The lowest BCUT2D eigenvalue weighted by atomic mass is 9.82. The Morgan fingerprint density at radius 1 is 1.00 bits per heavy atom. The van der Waals surface area contributed by atoms with E-state index in [1.54, 1.807) is 18.2 Å². The van der Waals surface area contributed by atoms with Crippen LogP contribution in [-0.2, 0) is 27.3 Å². The maximum atomic E-state index is 14.8. The number of piperazine rings is 1. The van der Waals surface area contributed by atoms with Crippen molar-refractivity contribution in [2.75, 3.05) is 19.7 Å². The third kappa shape index (κ3) is 8.21. The standard InChI is InChI=1S/C40H47FN4O4/c1-25-19-26(2)27(3)36(20-25)49-18-17-28-11-13-29(14-12-28)33-21-31-23-44(38(47)10-6-9-37(42)46)24-35(43-31)39(33)40(48)45(32-15-16-32)22-30-7-4-5-8-34(30)41/h4-5,7-8,11-14,19-20,31-32,35,43H,6,9-10,15-18,21-24H2,1-3H3,(H2,42,46)/t31?,35-/m1/s1. The smallest absolute Gasteiger partial charge is 0.252 e. The minimum Gasteiger partial charge on any atom is -0.493 e. The number of nitrogens with zero attached hydrogens (tertiary/aromatic N) is 2.